The Morgan fingerprint density at radius 3 is 2.68 bits per heavy atom. The van der Waals surface area contributed by atoms with Gasteiger partial charge in [-0.05, 0) is 18.4 Å². The summed E-state index contributed by atoms with van der Waals surface area (Å²) in [4.78, 5) is 5.86. The Balaban J connectivity index is 1.94. The number of benzene rings is 1. The molecule has 2 aromatic heterocycles. The number of thiazole rings is 1. The average molecular weight is 288 g/mol. The SMILES string of the molecule is CSc1ccc(-c2csc(-c3cn[nH]c3N)n2)cc1. The van der Waals surface area contributed by atoms with Crippen LogP contribution in [0, 0.1) is 0 Å². The molecule has 0 saturated heterocycles. The Bertz CT molecular complexity index is 685. The summed E-state index contributed by atoms with van der Waals surface area (Å²) in [6.45, 7) is 0. The number of nitrogens with zero attached hydrogens (tertiary/aromatic N) is 2. The molecular formula is C13H12N4S2. The molecule has 0 aliphatic heterocycles. The predicted molar refractivity (Wildman–Crippen MR) is 81.3 cm³/mol. The number of hydrogen-bond acceptors (Lipinski definition) is 5. The molecule has 3 N–H and O–H groups in total. The smallest absolute Gasteiger partial charge is 0.129 e. The average Bonchev–Trinajstić information content (AvgIpc) is 3.07. The summed E-state index contributed by atoms with van der Waals surface area (Å²) in [7, 11) is 0. The molecule has 0 unspecified atom stereocenters. The second-order valence-electron chi connectivity index (χ2n) is 3.96. The van der Waals surface area contributed by atoms with Crippen molar-refractivity contribution in [1.82, 2.24) is 15.2 Å². The molecule has 2 heterocycles. The van der Waals surface area contributed by atoms with E-state index in [1.807, 2.05) is 5.38 Å². The number of rotatable bonds is 3. The normalized spacial score (nSPS) is 10.8. The minimum absolute atomic E-state index is 0.554. The van der Waals surface area contributed by atoms with Crippen LogP contribution in [0.5, 0.6) is 0 Å². The van der Waals surface area contributed by atoms with Gasteiger partial charge >= 0.3 is 0 Å². The molecule has 6 heteroatoms. The lowest BCUT2D eigenvalue weighted by Crippen LogP contribution is -1.87. The fraction of sp³-hybridized carbons (Fsp3) is 0.0769. The van der Waals surface area contributed by atoms with Crippen LogP contribution in [-0.4, -0.2) is 21.4 Å². The van der Waals surface area contributed by atoms with Gasteiger partial charge in [-0.15, -0.1) is 23.1 Å². The number of aromatic nitrogens is 3. The maximum absolute atomic E-state index is 5.80. The van der Waals surface area contributed by atoms with Crippen molar-refractivity contribution in [2.24, 2.45) is 0 Å². The molecule has 0 amide bonds. The van der Waals surface area contributed by atoms with Crippen LogP contribution >= 0.6 is 23.1 Å². The van der Waals surface area contributed by atoms with Gasteiger partial charge in [0.15, 0.2) is 0 Å². The van der Waals surface area contributed by atoms with Crippen LogP contribution in [0.1, 0.15) is 0 Å². The molecule has 0 aliphatic carbocycles. The van der Waals surface area contributed by atoms with Crippen molar-refractivity contribution in [3.05, 3.63) is 35.8 Å². The van der Waals surface area contributed by atoms with Crippen LogP contribution < -0.4 is 5.73 Å². The molecule has 0 fully saturated rings. The topological polar surface area (TPSA) is 67.6 Å². The standard InChI is InChI=1S/C13H12N4S2/c1-18-9-4-2-8(3-5-9)11-7-19-13(16-11)10-6-15-17-12(10)14/h2-7H,1H3,(H3,14,15,17). The number of nitrogens with two attached hydrogens (primary N) is 1. The van der Waals surface area contributed by atoms with E-state index in [0.717, 1.165) is 21.8 Å². The van der Waals surface area contributed by atoms with E-state index in [-0.39, 0.29) is 0 Å². The Morgan fingerprint density at radius 1 is 1.26 bits per heavy atom. The lowest BCUT2D eigenvalue weighted by molar-refractivity contribution is 1.10. The van der Waals surface area contributed by atoms with Crippen molar-refractivity contribution in [1.29, 1.82) is 0 Å². The summed E-state index contributed by atoms with van der Waals surface area (Å²) in [5.74, 6) is 0.554. The summed E-state index contributed by atoms with van der Waals surface area (Å²) >= 11 is 3.30. The van der Waals surface area contributed by atoms with Gasteiger partial charge in [0.05, 0.1) is 17.5 Å². The molecule has 0 spiro atoms. The van der Waals surface area contributed by atoms with E-state index in [9.17, 15) is 0 Å². The number of H-pyrrole nitrogens is 1. The van der Waals surface area contributed by atoms with Crippen molar-refractivity contribution in [3.8, 4) is 21.8 Å². The van der Waals surface area contributed by atoms with E-state index in [2.05, 4.69) is 45.7 Å². The Morgan fingerprint density at radius 2 is 2.05 bits per heavy atom. The van der Waals surface area contributed by atoms with E-state index < -0.39 is 0 Å². The number of hydrogen-bond donors (Lipinski definition) is 2. The fourth-order valence-corrected chi connectivity index (χ4v) is 3.02. The Hall–Kier alpha value is -1.79. The molecule has 96 valence electrons. The summed E-state index contributed by atoms with van der Waals surface area (Å²) in [5, 5.41) is 9.56. The van der Waals surface area contributed by atoms with Gasteiger partial charge in [0, 0.05) is 15.8 Å². The van der Waals surface area contributed by atoms with Gasteiger partial charge < -0.3 is 5.73 Å². The molecule has 0 atom stereocenters. The zero-order valence-electron chi connectivity index (χ0n) is 10.3. The molecule has 19 heavy (non-hydrogen) atoms. The summed E-state index contributed by atoms with van der Waals surface area (Å²) in [5.41, 5.74) is 8.74. The third-order valence-corrected chi connectivity index (χ3v) is 4.41. The molecule has 1 aromatic carbocycles. The quantitative estimate of drug-likeness (QED) is 0.724. The second-order valence-corrected chi connectivity index (χ2v) is 5.70. The Kier molecular flexibility index (Phi) is 3.27. The highest BCUT2D eigenvalue weighted by molar-refractivity contribution is 7.98. The number of aromatic amines is 1. The van der Waals surface area contributed by atoms with Crippen molar-refractivity contribution in [2.45, 2.75) is 4.90 Å². The van der Waals surface area contributed by atoms with E-state index in [1.165, 1.54) is 4.90 Å². The summed E-state index contributed by atoms with van der Waals surface area (Å²) in [6.07, 6.45) is 3.77. The van der Waals surface area contributed by atoms with Gasteiger partial charge in [-0.3, -0.25) is 5.10 Å². The predicted octanol–water partition coefficient (Wildman–Crippen LogP) is 3.50. The molecule has 0 aliphatic rings. The van der Waals surface area contributed by atoms with Gasteiger partial charge in [-0.2, -0.15) is 5.10 Å². The van der Waals surface area contributed by atoms with Crippen molar-refractivity contribution in [3.63, 3.8) is 0 Å². The van der Waals surface area contributed by atoms with Gasteiger partial charge in [-0.1, -0.05) is 12.1 Å². The molecule has 4 nitrogen and oxygen atoms in total. The van der Waals surface area contributed by atoms with E-state index in [4.69, 9.17) is 5.73 Å². The van der Waals surface area contributed by atoms with Gasteiger partial charge in [0.1, 0.15) is 10.8 Å². The first-order valence-corrected chi connectivity index (χ1v) is 7.77. The first-order chi connectivity index (χ1) is 9.28. The number of nitrogens with one attached hydrogen (secondary N) is 1. The van der Waals surface area contributed by atoms with Crippen molar-refractivity contribution < 1.29 is 0 Å². The largest absolute Gasteiger partial charge is 0.383 e. The highest BCUT2D eigenvalue weighted by Crippen LogP contribution is 2.31. The monoisotopic (exact) mass is 288 g/mol. The van der Waals surface area contributed by atoms with E-state index in [1.54, 1.807) is 29.3 Å². The zero-order chi connectivity index (χ0) is 13.2. The zero-order valence-corrected chi connectivity index (χ0v) is 11.9. The van der Waals surface area contributed by atoms with Gasteiger partial charge in [0.25, 0.3) is 0 Å². The summed E-state index contributed by atoms with van der Waals surface area (Å²) < 4.78 is 0. The minimum atomic E-state index is 0.554. The molecule has 0 saturated carbocycles. The van der Waals surface area contributed by atoms with Crippen LogP contribution in [0.3, 0.4) is 0 Å². The van der Waals surface area contributed by atoms with Gasteiger partial charge in [-0.25, -0.2) is 4.98 Å². The lowest BCUT2D eigenvalue weighted by atomic mass is 10.2. The van der Waals surface area contributed by atoms with E-state index >= 15 is 0 Å². The Labute approximate surface area is 119 Å². The number of nitrogen functional groups attached to an aromatic ring is 1. The molecule has 0 bridgehead atoms. The molecule has 3 aromatic rings. The van der Waals surface area contributed by atoms with Gasteiger partial charge in [0.2, 0.25) is 0 Å². The number of anilines is 1. The maximum atomic E-state index is 5.80. The highest BCUT2D eigenvalue weighted by atomic mass is 32.2. The first-order valence-electron chi connectivity index (χ1n) is 5.67. The third-order valence-electron chi connectivity index (χ3n) is 2.79. The van der Waals surface area contributed by atoms with Crippen LogP contribution in [0.2, 0.25) is 0 Å². The summed E-state index contributed by atoms with van der Waals surface area (Å²) in [6, 6.07) is 8.38. The van der Waals surface area contributed by atoms with Crippen molar-refractivity contribution in [2.75, 3.05) is 12.0 Å². The van der Waals surface area contributed by atoms with Crippen LogP contribution in [-0.2, 0) is 0 Å². The van der Waals surface area contributed by atoms with E-state index in [0.29, 0.717) is 5.82 Å². The van der Waals surface area contributed by atoms with Crippen LogP contribution in [0.25, 0.3) is 21.8 Å². The van der Waals surface area contributed by atoms with Crippen LogP contribution in [0.15, 0.2) is 40.7 Å². The first kappa shape index (κ1) is 12.3. The molecule has 0 radical (unpaired) electrons. The van der Waals surface area contributed by atoms with Crippen molar-refractivity contribution >= 4 is 28.9 Å². The molecule has 3 rings (SSSR count). The second kappa shape index (κ2) is 5.07. The highest BCUT2D eigenvalue weighted by Gasteiger charge is 2.10. The maximum Gasteiger partial charge on any atom is 0.129 e. The minimum Gasteiger partial charge on any atom is -0.383 e. The van der Waals surface area contributed by atoms with Crippen LogP contribution in [0.4, 0.5) is 5.82 Å². The fourth-order valence-electron chi connectivity index (χ4n) is 1.76. The number of thioether (sulfide) groups is 1. The lowest BCUT2D eigenvalue weighted by Gasteiger charge is -1.98. The third kappa shape index (κ3) is 2.36. The molecular weight excluding hydrogens is 276 g/mol.